The summed E-state index contributed by atoms with van der Waals surface area (Å²) in [6, 6.07) is 10.3. The summed E-state index contributed by atoms with van der Waals surface area (Å²) < 4.78 is 0. The molecule has 0 bridgehead atoms. The molecule has 28 heavy (non-hydrogen) atoms. The minimum absolute atomic E-state index is 0.0897. The van der Waals surface area contributed by atoms with Gasteiger partial charge in [0.05, 0.1) is 6.42 Å². The number of benzene rings is 1. The Labute approximate surface area is 168 Å². The molecule has 7 heteroatoms. The topological polar surface area (TPSA) is 78.5 Å². The maximum Gasteiger partial charge on any atom is 0.254 e. The van der Waals surface area contributed by atoms with Crippen LogP contribution in [0.4, 0.5) is 5.69 Å². The Morgan fingerprint density at radius 1 is 1.21 bits per heavy atom. The summed E-state index contributed by atoms with van der Waals surface area (Å²) >= 11 is 1.54. The van der Waals surface area contributed by atoms with Crippen LogP contribution in [0.25, 0.3) is 0 Å². The van der Waals surface area contributed by atoms with E-state index in [1.54, 1.807) is 29.2 Å². The first kappa shape index (κ1) is 20.1. The molecule has 2 aromatic rings. The van der Waals surface area contributed by atoms with Crippen molar-refractivity contribution in [1.29, 1.82) is 0 Å². The number of rotatable bonds is 7. The van der Waals surface area contributed by atoms with E-state index < -0.39 is 6.04 Å². The quantitative estimate of drug-likeness (QED) is 0.751. The number of carbonyl (C=O) groups is 3. The van der Waals surface area contributed by atoms with Crippen LogP contribution >= 0.6 is 11.3 Å². The Balaban J connectivity index is 1.66. The fourth-order valence-electron chi connectivity index (χ4n) is 3.32. The molecule has 3 rings (SSSR count). The van der Waals surface area contributed by atoms with Crippen molar-refractivity contribution in [3.8, 4) is 0 Å². The van der Waals surface area contributed by atoms with Gasteiger partial charge in [0.25, 0.3) is 5.91 Å². The van der Waals surface area contributed by atoms with E-state index in [9.17, 15) is 14.4 Å². The van der Waals surface area contributed by atoms with Gasteiger partial charge in [-0.2, -0.15) is 0 Å². The first-order valence-electron chi connectivity index (χ1n) is 9.59. The Morgan fingerprint density at radius 3 is 2.82 bits per heavy atom. The molecule has 1 fully saturated rings. The fraction of sp³-hybridized carbons (Fsp3) is 0.381. The minimum Gasteiger partial charge on any atom is -0.354 e. The largest absolute Gasteiger partial charge is 0.354 e. The molecular weight excluding hydrogens is 374 g/mol. The van der Waals surface area contributed by atoms with Gasteiger partial charge in [0.1, 0.15) is 6.04 Å². The summed E-state index contributed by atoms with van der Waals surface area (Å²) in [6.07, 6.45) is 2.66. The van der Waals surface area contributed by atoms with Gasteiger partial charge in [-0.1, -0.05) is 19.1 Å². The Kier molecular flexibility index (Phi) is 6.81. The molecule has 2 N–H and O–H groups in total. The zero-order valence-corrected chi connectivity index (χ0v) is 16.8. The van der Waals surface area contributed by atoms with Crippen molar-refractivity contribution in [3.05, 3.63) is 52.2 Å². The SMILES string of the molecule is CCCNC(=O)C1CCCN1C(=O)c1cccc(NC(=O)Cc2cccs2)c1. The molecular formula is C21H25N3O3S. The number of anilines is 1. The predicted molar refractivity (Wildman–Crippen MR) is 110 cm³/mol. The zero-order valence-electron chi connectivity index (χ0n) is 15.9. The van der Waals surface area contributed by atoms with Crippen LogP contribution in [0.3, 0.4) is 0 Å². The Bertz CT molecular complexity index is 835. The normalized spacial score (nSPS) is 16.0. The third kappa shape index (κ3) is 4.98. The van der Waals surface area contributed by atoms with Crippen LogP contribution in [0.15, 0.2) is 41.8 Å². The van der Waals surface area contributed by atoms with E-state index >= 15 is 0 Å². The van der Waals surface area contributed by atoms with Gasteiger partial charge in [-0.3, -0.25) is 14.4 Å². The number of likely N-dealkylation sites (tertiary alicyclic amines) is 1. The van der Waals surface area contributed by atoms with Gasteiger partial charge in [-0.25, -0.2) is 0 Å². The first-order valence-corrected chi connectivity index (χ1v) is 10.5. The smallest absolute Gasteiger partial charge is 0.254 e. The third-order valence-corrected chi connectivity index (χ3v) is 5.55. The summed E-state index contributed by atoms with van der Waals surface area (Å²) in [5.74, 6) is -0.387. The molecule has 1 aromatic heterocycles. The van der Waals surface area contributed by atoms with Crippen LogP contribution in [0.2, 0.25) is 0 Å². The monoisotopic (exact) mass is 399 g/mol. The highest BCUT2D eigenvalue weighted by atomic mass is 32.1. The highest BCUT2D eigenvalue weighted by Crippen LogP contribution is 2.22. The van der Waals surface area contributed by atoms with E-state index in [1.807, 2.05) is 24.4 Å². The van der Waals surface area contributed by atoms with Crippen molar-refractivity contribution in [2.24, 2.45) is 0 Å². The van der Waals surface area contributed by atoms with Gasteiger partial charge < -0.3 is 15.5 Å². The molecule has 6 nitrogen and oxygen atoms in total. The maximum atomic E-state index is 13.0. The van der Waals surface area contributed by atoms with Crippen molar-refractivity contribution in [2.45, 2.75) is 38.6 Å². The number of nitrogens with zero attached hydrogens (tertiary/aromatic N) is 1. The van der Waals surface area contributed by atoms with Gasteiger partial charge in [0.15, 0.2) is 0 Å². The van der Waals surface area contributed by atoms with Gasteiger partial charge in [-0.15, -0.1) is 11.3 Å². The number of hydrogen-bond donors (Lipinski definition) is 2. The van der Waals surface area contributed by atoms with Gasteiger partial charge >= 0.3 is 0 Å². The lowest BCUT2D eigenvalue weighted by Crippen LogP contribution is -2.46. The predicted octanol–water partition coefficient (Wildman–Crippen LogP) is 3.06. The summed E-state index contributed by atoms with van der Waals surface area (Å²) in [6.45, 7) is 3.18. The molecule has 1 aliphatic heterocycles. The van der Waals surface area contributed by atoms with Crippen molar-refractivity contribution in [1.82, 2.24) is 10.2 Å². The molecule has 2 heterocycles. The highest BCUT2D eigenvalue weighted by molar-refractivity contribution is 7.10. The summed E-state index contributed by atoms with van der Waals surface area (Å²) in [5, 5.41) is 7.66. The molecule has 1 aliphatic rings. The standard InChI is InChI=1S/C21H25N3O3S/c1-2-10-22-20(26)18-9-4-11-24(18)21(27)15-6-3-7-16(13-15)23-19(25)14-17-8-5-12-28-17/h3,5-8,12-13,18H,2,4,9-11,14H2,1H3,(H,22,26)(H,23,25). The molecule has 1 atom stereocenters. The third-order valence-electron chi connectivity index (χ3n) is 4.67. The first-order chi connectivity index (χ1) is 13.6. The zero-order chi connectivity index (χ0) is 19.9. The lowest BCUT2D eigenvalue weighted by Gasteiger charge is -2.24. The van der Waals surface area contributed by atoms with Crippen LogP contribution in [0, 0.1) is 0 Å². The van der Waals surface area contributed by atoms with Crippen molar-refractivity contribution in [3.63, 3.8) is 0 Å². The molecule has 1 aromatic carbocycles. The van der Waals surface area contributed by atoms with Crippen LogP contribution in [-0.2, 0) is 16.0 Å². The molecule has 0 aliphatic carbocycles. The van der Waals surface area contributed by atoms with E-state index in [0.29, 0.717) is 37.2 Å². The number of thiophene rings is 1. The van der Waals surface area contributed by atoms with E-state index in [4.69, 9.17) is 0 Å². The molecule has 148 valence electrons. The van der Waals surface area contributed by atoms with Crippen LogP contribution in [-0.4, -0.2) is 41.8 Å². The lowest BCUT2D eigenvalue weighted by atomic mass is 10.1. The second-order valence-corrected chi connectivity index (χ2v) is 7.86. The number of carbonyl (C=O) groups excluding carboxylic acids is 3. The second kappa shape index (κ2) is 9.50. The van der Waals surface area contributed by atoms with E-state index in [1.165, 1.54) is 11.3 Å². The molecule has 1 unspecified atom stereocenters. The van der Waals surface area contributed by atoms with E-state index in [0.717, 1.165) is 17.7 Å². The average molecular weight is 400 g/mol. The van der Waals surface area contributed by atoms with E-state index in [-0.39, 0.29) is 17.7 Å². The lowest BCUT2D eigenvalue weighted by molar-refractivity contribution is -0.124. The Hall–Kier alpha value is -2.67. The highest BCUT2D eigenvalue weighted by Gasteiger charge is 2.34. The number of amides is 3. The molecule has 0 radical (unpaired) electrons. The number of nitrogens with one attached hydrogen (secondary N) is 2. The average Bonchev–Trinajstić information content (AvgIpc) is 3.37. The van der Waals surface area contributed by atoms with Crippen LogP contribution in [0.5, 0.6) is 0 Å². The maximum absolute atomic E-state index is 13.0. The number of hydrogen-bond acceptors (Lipinski definition) is 4. The fourth-order valence-corrected chi connectivity index (χ4v) is 4.02. The van der Waals surface area contributed by atoms with Crippen LogP contribution < -0.4 is 10.6 Å². The molecule has 0 spiro atoms. The molecule has 1 saturated heterocycles. The van der Waals surface area contributed by atoms with Crippen molar-refractivity contribution < 1.29 is 14.4 Å². The second-order valence-electron chi connectivity index (χ2n) is 6.83. The molecule has 0 saturated carbocycles. The van der Waals surface area contributed by atoms with Gasteiger partial charge in [-0.05, 0) is 48.9 Å². The summed E-state index contributed by atoms with van der Waals surface area (Å²) in [4.78, 5) is 40.1. The van der Waals surface area contributed by atoms with Gasteiger partial charge in [0, 0.05) is 29.2 Å². The van der Waals surface area contributed by atoms with Gasteiger partial charge in [0.2, 0.25) is 11.8 Å². The van der Waals surface area contributed by atoms with Crippen LogP contribution in [0.1, 0.15) is 41.4 Å². The van der Waals surface area contributed by atoms with Crippen molar-refractivity contribution in [2.75, 3.05) is 18.4 Å². The molecule has 3 amide bonds. The summed E-state index contributed by atoms with van der Waals surface area (Å²) in [7, 11) is 0. The summed E-state index contributed by atoms with van der Waals surface area (Å²) in [5.41, 5.74) is 1.06. The minimum atomic E-state index is -0.420. The Morgan fingerprint density at radius 2 is 2.07 bits per heavy atom. The van der Waals surface area contributed by atoms with Crippen molar-refractivity contribution >= 4 is 34.7 Å². The van der Waals surface area contributed by atoms with E-state index in [2.05, 4.69) is 10.6 Å².